The first-order valence-corrected chi connectivity index (χ1v) is 6.39. The van der Waals surface area contributed by atoms with Gasteiger partial charge in [-0.1, -0.05) is 6.07 Å². The van der Waals surface area contributed by atoms with E-state index in [2.05, 4.69) is 9.97 Å². The third kappa shape index (κ3) is 2.67. The Morgan fingerprint density at radius 2 is 1.95 bits per heavy atom. The molecule has 3 aromatic rings. The van der Waals surface area contributed by atoms with Crippen molar-refractivity contribution in [1.29, 1.82) is 0 Å². The monoisotopic (exact) mass is 280 g/mol. The van der Waals surface area contributed by atoms with Crippen molar-refractivity contribution in [3.05, 3.63) is 54.2 Å². The van der Waals surface area contributed by atoms with Gasteiger partial charge in [0.2, 0.25) is 0 Å². The smallest absolute Gasteiger partial charge is 0.307 e. The number of hydrogen-bond acceptors (Lipinski definition) is 4. The lowest BCUT2D eigenvalue weighted by atomic mass is 10.0. The Bertz CT molecular complexity index is 816. The van der Waals surface area contributed by atoms with Crippen molar-refractivity contribution >= 4 is 16.9 Å². The fraction of sp³-hybridized carbons (Fsp3) is 0.0625. The van der Waals surface area contributed by atoms with E-state index in [4.69, 9.17) is 5.11 Å². The van der Waals surface area contributed by atoms with Crippen molar-refractivity contribution in [2.75, 3.05) is 0 Å². The predicted octanol–water partition coefficient (Wildman–Crippen LogP) is 2.63. The second-order valence-electron chi connectivity index (χ2n) is 4.65. The van der Waals surface area contributed by atoms with Crippen LogP contribution in [0.1, 0.15) is 5.56 Å². The van der Waals surface area contributed by atoms with E-state index < -0.39 is 5.97 Å². The Morgan fingerprint density at radius 1 is 1.10 bits per heavy atom. The number of rotatable bonds is 3. The van der Waals surface area contributed by atoms with E-state index >= 15 is 0 Å². The van der Waals surface area contributed by atoms with Crippen LogP contribution in [0.4, 0.5) is 0 Å². The summed E-state index contributed by atoms with van der Waals surface area (Å²) in [6.07, 6.45) is 1.55. The fourth-order valence-electron chi connectivity index (χ4n) is 2.24. The molecular formula is C16H12N2O3. The van der Waals surface area contributed by atoms with Crippen molar-refractivity contribution < 1.29 is 15.0 Å². The summed E-state index contributed by atoms with van der Waals surface area (Å²) in [5, 5.41) is 19.4. The van der Waals surface area contributed by atoms with Crippen LogP contribution < -0.4 is 0 Å². The van der Waals surface area contributed by atoms with Gasteiger partial charge in [0.05, 0.1) is 23.3 Å². The highest BCUT2D eigenvalue weighted by Gasteiger charge is 2.11. The van der Waals surface area contributed by atoms with Gasteiger partial charge >= 0.3 is 5.97 Å². The van der Waals surface area contributed by atoms with Gasteiger partial charge in [-0.05, 0) is 35.9 Å². The highest BCUT2D eigenvalue weighted by molar-refractivity contribution is 5.89. The average molecular weight is 280 g/mol. The van der Waals surface area contributed by atoms with Crippen LogP contribution in [0.15, 0.2) is 48.7 Å². The number of carbonyl (C=O) groups is 1. The highest BCUT2D eigenvalue weighted by Crippen LogP contribution is 2.26. The van der Waals surface area contributed by atoms with Crippen molar-refractivity contribution in [2.24, 2.45) is 0 Å². The minimum atomic E-state index is -0.914. The number of carboxylic acids is 1. The molecule has 104 valence electrons. The van der Waals surface area contributed by atoms with Crippen molar-refractivity contribution in [1.82, 2.24) is 9.97 Å². The summed E-state index contributed by atoms with van der Waals surface area (Å²) < 4.78 is 0. The largest absolute Gasteiger partial charge is 0.508 e. The lowest BCUT2D eigenvalue weighted by Gasteiger charge is -2.08. The fourth-order valence-corrected chi connectivity index (χ4v) is 2.24. The third-order valence-electron chi connectivity index (χ3n) is 3.15. The molecule has 1 aromatic carbocycles. The minimum Gasteiger partial charge on any atom is -0.508 e. The molecule has 0 radical (unpaired) electrons. The Hall–Kier alpha value is -2.95. The maximum absolute atomic E-state index is 11.0. The molecule has 0 aliphatic heterocycles. The molecule has 0 aliphatic rings. The van der Waals surface area contributed by atoms with E-state index in [1.54, 1.807) is 24.4 Å². The van der Waals surface area contributed by atoms with Gasteiger partial charge in [-0.3, -0.25) is 9.78 Å². The standard InChI is InChI=1S/C16H12N2O3/c19-11-4-5-12-10(8-16(20)21)7-15(18-14(12)9-11)13-3-1-2-6-17-13/h1-7,9,19H,8H2,(H,20,21). The molecule has 5 nitrogen and oxygen atoms in total. The van der Waals surface area contributed by atoms with Gasteiger partial charge in [0.25, 0.3) is 0 Å². The molecule has 0 fully saturated rings. The Kier molecular flexibility index (Phi) is 3.23. The van der Waals surface area contributed by atoms with E-state index in [0.29, 0.717) is 22.5 Å². The molecule has 0 aliphatic carbocycles. The van der Waals surface area contributed by atoms with Crippen LogP contribution in [0.25, 0.3) is 22.3 Å². The first-order chi connectivity index (χ1) is 10.1. The molecule has 0 bridgehead atoms. The van der Waals surface area contributed by atoms with E-state index in [0.717, 1.165) is 5.39 Å². The Morgan fingerprint density at radius 3 is 2.67 bits per heavy atom. The van der Waals surface area contributed by atoms with Gasteiger partial charge in [0.15, 0.2) is 0 Å². The number of aliphatic carboxylic acids is 1. The van der Waals surface area contributed by atoms with Crippen molar-refractivity contribution in [2.45, 2.75) is 6.42 Å². The van der Waals surface area contributed by atoms with Crippen LogP contribution in [-0.2, 0) is 11.2 Å². The molecule has 0 saturated carbocycles. The molecule has 0 spiro atoms. The molecule has 0 atom stereocenters. The molecule has 3 rings (SSSR count). The number of hydrogen-bond donors (Lipinski definition) is 2. The molecule has 0 unspecified atom stereocenters. The second-order valence-corrected chi connectivity index (χ2v) is 4.65. The highest BCUT2D eigenvalue weighted by atomic mass is 16.4. The van der Waals surface area contributed by atoms with E-state index in [9.17, 15) is 9.90 Å². The second kappa shape index (κ2) is 5.20. The first kappa shape index (κ1) is 13.1. The summed E-state index contributed by atoms with van der Waals surface area (Å²) in [5.41, 5.74) is 2.45. The quantitative estimate of drug-likeness (QED) is 0.770. The van der Waals surface area contributed by atoms with E-state index in [1.807, 2.05) is 12.1 Å². The summed E-state index contributed by atoms with van der Waals surface area (Å²) in [6, 6.07) is 11.9. The maximum atomic E-state index is 11.0. The van der Waals surface area contributed by atoms with Gasteiger partial charge in [-0.2, -0.15) is 0 Å². The number of nitrogens with zero attached hydrogens (tertiary/aromatic N) is 2. The Labute approximate surface area is 120 Å². The number of phenolic OH excluding ortho intramolecular Hbond substituents is 1. The van der Waals surface area contributed by atoms with Gasteiger partial charge in [-0.25, -0.2) is 4.98 Å². The number of fused-ring (bicyclic) bond motifs is 1. The van der Waals surface area contributed by atoms with Crippen LogP contribution in [0.2, 0.25) is 0 Å². The van der Waals surface area contributed by atoms with Crippen LogP contribution in [-0.4, -0.2) is 26.2 Å². The van der Waals surface area contributed by atoms with Gasteiger partial charge < -0.3 is 10.2 Å². The van der Waals surface area contributed by atoms with Gasteiger partial charge in [-0.15, -0.1) is 0 Å². The number of aromatic hydroxyl groups is 1. The number of pyridine rings is 2. The maximum Gasteiger partial charge on any atom is 0.307 e. The van der Waals surface area contributed by atoms with Gasteiger partial charge in [0.1, 0.15) is 5.75 Å². The number of carboxylic acid groups (broad SMARTS) is 1. The molecule has 0 saturated heterocycles. The van der Waals surface area contributed by atoms with Crippen LogP contribution in [0.5, 0.6) is 5.75 Å². The molecule has 21 heavy (non-hydrogen) atoms. The lowest BCUT2D eigenvalue weighted by Crippen LogP contribution is -2.02. The first-order valence-electron chi connectivity index (χ1n) is 6.39. The molecule has 2 heterocycles. The summed E-state index contributed by atoms with van der Waals surface area (Å²) in [7, 11) is 0. The topological polar surface area (TPSA) is 83.3 Å². The van der Waals surface area contributed by atoms with Gasteiger partial charge in [0, 0.05) is 17.6 Å². The SMILES string of the molecule is O=C(O)Cc1cc(-c2ccccn2)nc2cc(O)ccc12. The van der Waals surface area contributed by atoms with E-state index in [-0.39, 0.29) is 12.2 Å². The summed E-state index contributed by atoms with van der Waals surface area (Å²) in [6.45, 7) is 0. The molecule has 2 aromatic heterocycles. The van der Waals surface area contributed by atoms with Crippen LogP contribution in [0, 0.1) is 0 Å². The Balaban J connectivity index is 2.25. The molecule has 2 N–H and O–H groups in total. The van der Waals surface area contributed by atoms with Crippen LogP contribution >= 0.6 is 0 Å². The normalized spacial score (nSPS) is 10.7. The molecule has 0 amide bonds. The molecular weight excluding hydrogens is 268 g/mol. The summed E-state index contributed by atoms with van der Waals surface area (Å²) >= 11 is 0. The summed E-state index contributed by atoms with van der Waals surface area (Å²) in [4.78, 5) is 19.7. The summed E-state index contributed by atoms with van der Waals surface area (Å²) in [5.74, 6) is -0.822. The zero-order valence-electron chi connectivity index (χ0n) is 11.0. The number of aromatic nitrogens is 2. The minimum absolute atomic E-state index is 0.0921. The molecule has 5 heteroatoms. The van der Waals surface area contributed by atoms with E-state index in [1.165, 1.54) is 12.1 Å². The van der Waals surface area contributed by atoms with Crippen LogP contribution in [0.3, 0.4) is 0 Å². The number of benzene rings is 1. The third-order valence-corrected chi connectivity index (χ3v) is 3.15. The van der Waals surface area contributed by atoms with Crippen molar-refractivity contribution in [3.63, 3.8) is 0 Å². The zero-order valence-corrected chi connectivity index (χ0v) is 11.0. The van der Waals surface area contributed by atoms with Crippen molar-refractivity contribution in [3.8, 4) is 17.1 Å². The predicted molar refractivity (Wildman–Crippen MR) is 78.0 cm³/mol. The lowest BCUT2D eigenvalue weighted by molar-refractivity contribution is -0.136. The average Bonchev–Trinajstić information content (AvgIpc) is 2.47. The number of phenols is 1. The zero-order chi connectivity index (χ0) is 14.8.